The van der Waals surface area contributed by atoms with Crippen LogP contribution < -0.4 is 49.7 Å². The summed E-state index contributed by atoms with van der Waals surface area (Å²) in [5.74, 6) is 0.829. The molecule has 262 valence electrons. The number of thiazole rings is 2. The number of para-hydroxylation sites is 2. The molecule has 0 saturated carbocycles. The molecule has 4 rings (SSSR count). The number of nitriles is 4. The molecule has 3 N–H and O–H groups in total. The maximum atomic E-state index is 12.4. The third kappa shape index (κ3) is 16.1. The molecule has 0 aliphatic heterocycles. The number of hydrogen-bond acceptors (Lipinski definition) is 15. The number of nitrogens with one attached hydrogen (secondary N) is 2. The van der Waals surface area contributed by atoms with Crippen molar-refractivity contribution in [3.63, 3.8) is 0 Å². The van der Waals surface area contributed by atoms with Gasteiger partial charge in [0.2, 0.25) is 0 Å². The van der Waals surface area contributed by atoms with E-state index < -0.39 is 5.71 Å². The van der Waals surface area contributed by atoms with Crippen LogP contribution in [0.3, 0.4) is 0 Å². The predicted octanol–water partition coefficient (Wildman–Crippen LogP) is 3.12. The minimum Gasteiger partial charge on any atom is -0.870 e. The Bertz CT molecular complexity index is 1950. The molecule has 16 nitrogen and oxygen atoms in total. The molecule has 0 saturated heterocycles. The Labute approximate surface area is 334 Å². The van der Waals surface area contributed by atoms with Crippen molar-refractivity contribution in [3.05, 3.63) is 87.2 Å². The van der Waals surface area contributed by atoms with Gasteiger partial charge in [0.25, 0.3) is 17.5 Å². The topological polar surface area (TPSA) is 271 Å². The fourth-order valence-electron chi connectivity index (χ4n) is 3.31. The van der Waals surface area contributed by atoms with Crippen molar-refractivity contribution >= 4 is 67.8 Å². The number of halogens is 1. The molecule has 2 amide bonds. The maximum Gasteiger partial charge on any atom is 1.00 e. The molecule has 0 fully saturated rings. The number of rotatable bonds is 12. The number of anilines is 2. The summed E-state index contributed by atoms with van der Waals surface area (Å²) >= 11 is 8.24. The van der Waals surface area contributed by atoms with Crippen molar-refractivity contribution in [1.82, 2.24) is 9.97 Å². The normalized spacial score (nSPS) is 8.83. The smallest absolute Gasteiger partial charge is 0.870 e. The van der Waals surface area contributed by atoms with Crippen LogP contribution in [0.25, 0.3) is 5.41 Å². The van der Waals surface area contributed by atoms with Crippen LogP contribution in [0.4, 0.5) is 10.3 Å². The van der Waals surface area contributed by atoms with Crippen LogP contribution in [0.15, 0.2) is 64.4 Å². The average Bonchev–Trinajstić information content (AvgIpc) is 3.80. The Balaban J connectivity index is 0.000000856. The van der Waals surface area contributed by atoms with Crippen molar-refractivity contribution in [1.29, 1.82) is 21.0 Å². The number of hydrogen-bond donors (Lipinski definition) is 2. The van der Waals surface area contributed by atoms with Crippen molar-refractivity contribution in [3.8, 4) is 35.8 Å². The van der Waals surface area contributed by atoms with Crippen LogP contribution in [0.5, 0.6) is 11.5 Å². The summed E-state index contributed by atoms with van der Waals surface area (Å²) in [6, 6.07) is 19.6. The molecule has 52 heavy (non-hydrogen) atoms. The first-order valence-electron chi connectivity index (χ1n) is 14.1. The van der Waals surface area contributed by atoms with Gasteiger partial charge in [-0.25, -0.2) is 9.97 Å². The second kappa shape index (κ2) is 26.4. The molecule has 20 heteroatoms. The predicted molar refractivity (Wildman–Crippen MR) is 190 cm³/mol. The molecule has 0 bridgehead atoms. The maximum absolute atomic E-state index is 12.4. The first-order chi connectivity index (χ1) is 24.2. The van der Waals surface area contributed by atoms with Gasteiger partial charge in [0, 0.05) is 16.5 Å². The molecule has 4 aromatic rings. The molecule has 2 aromatic heterocycles. The quantitative estimate of drug-likeness (QED) is 0.0910. The summed E-state index contributed by atoms with van der Waals surface area (Å²) in [6.07, 6.45) is 0. The van der Waals surface area contributed by atoms with E-state index in [4.69, 9.17) is 52.4 Å². The minimum absolute atomic E-state index is 0. The Morgan fingerprint density at radius 1 is 0.808 bits per heavy atom. The summed E-state index contributed by atoms with van der Waals surface area (Å²) in [4.78, 5) is 37.7. The molecule has 0 radical (unpaired) electrons. The Hall–Kier alpha value is -5.41. The van der Waals surface area contributed by atoms with Gasteiger partial charge in [-0.1, -0.05) is 29.4 Å². The summed E-state index contributed by atoms with van der Waals surface area (Å²) < 4.78 is 10.9. The molecule has 0 spiro atoms. The van der Waals surface area contributed by atoms with Gasteiger partial charge in [-0.2, -0.15) is 21.0 Å². The number of carbonyl (C=O) groups excluding carboxylic acids is 2. The fourth-order valence-corrected chi connectivity index (χ4v) is 4.93. The second-order valence-corrected chi connectivity index (χ2v) is 10.7. The zero-order chi connectivity index (χ0) is 36.7. The summed E-state index contributed by atoms with van der Waals surface area (Å²) in [6.45, 7) is 4.67. The Morgan fingerprint density at radius 3 is 1.63 bits per heavy atom. The third-order valence-electron chi connectivity index (χ3n) is 5.34. The SMILES string of the molecule is CCOc1ccccc1C(=O)Nc1nc(CCl)cs1.CCOc1ccccc1C(=O)Nc1nc(CON=C(C#N)C#N)cs1.N#CC(=[N-])C#N.[Na+].[OH-]. The Kier molecular flexibility index (Phi) is 23.7. The van der Waals surface area contributed by atoms with Crippen LogP contribution in [0, 0.1) is 45.3 Å². The van der Waals surface area contributed by atoms with Gasteiger partial charge in [0.15, 0.2) is 16.9 Å². The third-order valence-corrected chi connectivity index (χ3v) is 7.22. The summed E-state index contributed by atoms with van der Waals surface area (Å²) in [7, 11) is 0. The van der Waals surface area contributed by atoms with Crippen molar-refractivity contribution in [2.75, 3.05) is 23.8 Å². The number of oxime groups is 1. The van der Waals surface area contributed by atoms with Crippen LogP contribution >= 0.6 is 34.3 Å². The molecule has 2 aromatic carbocycles. The van der Waals surface area contributed by atoms with E-state index >= 15 is 0 Å². The van der Waals surface area contributed by atoms with Crippen molar-refractivity contribution in [2.45, 2.75) is 26.3 Å². The van der Waals surface area contributed by atoms with E-state index in [2.05, 4.69) is 25.8 Å². The number of nitrogens with zero attached hydrogens (tertiary/aromatic N) is 8. The first-order valence-corrected chi connectivity index (χ1v) is 16.4. The largest absolute Gasteiger partial charge is 1.00 e. The van der Waals surface area contributed by atoms with E-state index in [0.29, 0.717) is 57.7 Å². The summed E-state index contributed by atoms with van der Waals surface area (Å²) in [5.41, 5.74) is 0.991. The summed E-state index contributed by atoms with van der Waals surface area (Å²) in [5, 5.41) is 53.3. The Morgan fingerprint density at radius 2 is 1.25 bits per heavy atom. The van der Waals surface area contributed by atoms with Gasteiger partial charge < -0.3 is 25.2 Å². The van der Waals surface area contributed by atoms with E-state index in [-0.39, 0.29) is 59.2 Å². The van der Waals surface area contributed by atoms with E-state index in [9.17, 15) is 9.59 Å². The number of carbonyl (C=O) groups is 2. The minimum atomic E-state index is -0.796. The molecule has 0 atom stereocenters. The van der Waals surface area contributed by atoms with Gasteiger partial charge in [-0.3, -0.25) is 20.2 Å². The van der Waals surface area contributed by atoms with Crippen LogP contribution in [-0.4, -0.2) is 51.9 Å². The fraction of sp³-hybridized carbons (Fsp3) is 0.188. The van der Waals surface area contributed by atoms with Crippen molar-refractivity contribution in [2.24, 2.45) is 5.16 Å². The first kappa shape index (κ1) is 46.6. The number of alkyl halides is 1. The van der Waals surface area contributed by atoms with Gasteiger partial charge in [0.05, 0.1) is 53.7 Å². The molecular weight excluding hydrogens is 743 g/mol. The van der Waals surface area contributed by atoms with Gasteiger partial charge >= 0.3 is 29.6 Å². The van der Waals surface area contributed by atoms with E-state index in [1.165, 1.54) is 34.8 Å². The van der Waals surface area contributed by atoms with E-state index in [1.807, 2.05) is 25.3 Å². The van der Waals surface area contributed by atoms with Crippen molar-refractivity contribution < 1.29 is 58.9 Å². The number of ether oxygens (including phenoxy) is 2. The van der Waals surface area contributed by atoms with Gasteiger partial charge in [-0.15, -0.1) is 34.3 Å². The van der Waals surface area contributed by atoms with E-state index in [1.54, 1.807) is 60.0 Å². The van der Waals surface area contributed by atoms with Gasteiger partial charge in [0.1, 0.15) is 23.6 Å². The molecule has 2 heterocycles. The van der Waals surface area contributed by atoms with Crippen LogP contribution in [-0.2, 0) is 17.3 Å². The molecular formula is C32H27ClN10NaO6S2-. The average molecular weight is 770 g/mol. The standard InChI is InChI=1S/C16H13N5O3S.C13H13ClN2O2S.C3N3.Na.H2O/c1-2-23-14-6-4-3-5-13(14)15(22)20-16-19-12(10-25-16)9-24-21-11(7-17)8-18;1-2-18-11-6-4-3-5-10(11)12(17)16-13-15-9(7-14)8-19-13;4-1-3(6)2-5;;/h3-6,10H,2,9H2,1H3,(H,19,20,22);3-6,8H,2,7H2,1H3,(H,15,16,17);;;1H2/q;;-1;+1;/p-1. The number of benzene rings is 2. The molecule has 0 aliphatic carbocycles. The number of amides is 2. The molecule has 0 aliphatic rings. The molecule has 0 unspecified atom stereocenters. The van der Waals surface area contributed by atoms with Crippen LogP contribution in [0.2, 0.25) is 0 Å². The van der Waals surface area contributed by atoms with Gasteiger partial charge in [-0.05, 0) is 38.1 Å². The number of aromatic nitrogens is 2. The second-order valence-electron chi connectivity index (χ2n) is 8.70. The van der Waals surface area contributed by atoms with Crippen LogP contribution in [0.1, 0.15) is 46.0 Å². The zero-order valence-corrected chi connectivity index (χ0v) is 32.3. The van der Waals surface area contributed by atoms with E-state index in [0.717, 1.165) is 5.69 Å². The monoisotopic (exact) mass is 769 g/mol. The zero-order valence-electron chi connectivity index (χ0n) is 27.9.